The van der Waals surface area contributed by atoms with E-state index in [0.717, 1.165) is 66.7 Å². The van der Waals surface area contributed by atoms with E-state index in [9.17, 15) is 9.59 Å². The van der Waals surface area contributed by atoms with Crippen LogP contribution in [0, 0.1) is 0 Å². The minimum Gasteiger partial charge on any atom is -0.312 e. The summed E-state index contributed by atoms with van der Waals surface area (Å²) in [5.74, 6) is 0.201. The minimum absolute atomic E-state index is 0.0372. The van der Waals surface area contributed by atoms with Gasteiger partial charge in [-0.2, -0.15) is 5.10 Å². The molecule has 1 aliphatic carbocycles. The predicted molar refractivity (Wildman–Crippen MR) is 92.3 cm³/mol. The summed E-state index contributed by atoms with van der Waals surface area (Å²) in [6.45, 7) is 0.800. The van der Waals surface area contributed by atoms with Gasteiger partial charge in [0.25, 0.3) is 5.56 Å². The van der Waals surface area contributed by atoms with Crippen molar-refractivity contribution in [1.82, 2.24) is 10.2 Å². The molecule has 2 aromatic rings. The van der Waals surface area contributed by atoms with E-state index in [4.69, 9.17) is 0 Å². The summed E-state index contributed by atoms with van der Waals surface area (Å²) >= 11 is 0. The number of nitrogens with one attached hydrogen (secondary N) is 1. The Morgan fingerprint density at radius 1 is 1.04 bits per heavy atom. The molecule has 0 saturated carbocycles. The molecule has 1 fully saturated rings. The van der Waals surface area contributed by atoms with E-state index in [-0.39, 0.29) is 11.5 Å². The first-order chi connectivity index (χ1) is 11.7. The first-order valence-corrected chi connectivity index (χ1v) is 8.71. The minimum atomic E-state index is -0.0372. The van der Waals surface area contributed by atoms with Gasteiger partial charge in [0.2, 0.25) is 5.91 Å². The van der Waals surface area contributed by atoms with E-state index >= 15 is 0 Å². The molecule has 0 radical (unpaired) electrons. The van der Waals surface area contributed by atoms with Crippen LogP contribution < -0.4 is 10.5 Å². The number of fused-ring (bicyclic) bond motifs is 1. The van der Waals surface area contributed by atoms with Gasteiger partial charge in [0.1, 0.15) is 0 Å². The Labute approximate surface area is 140 Å². The average Bonchev–Trinajstić information content (AvgIpc) is 3.04. The molecule has 4 rings (SSSR count). The van der Waals surface area contributed by atoms with Crippen LogP contribution in [0.25, 0.3) is 0 Å². The Hall–Kier alpha value is -2.43. The van der Waals surface area contributed by atoms with Crippen LogP contribution in [0.1, 0.15) is 48.1 Å². The Bertz CT molecular complexity index is 841. The number of anilines is 1. The van der Waals surface area contributed by atoms with E-state index in [1.807, 2.05) is 17.0 Å². The maximum atomic E-state index is 12.0. The van der Waals surface area contributed by atoms with Crippen LogP contribution in [0.3, 0.4) is 0 Å². The maximum absolute atomic E-state index is 12.0. The highest BCUT2D eigenvalue weighted by molar-refractivity contribution is 5.95. The van der Waals surface area contributed by atoms with Gasteiger partial charge in [0.05, 0.1) is 5.69 Å². The highest BCUT2D eigenvalue weighted by Crippen LogP contribution is 2.25. The molecule has 24 heavy (non-hydrogen) atoms. The van der Waals surface area contributed by atoms with Gasteiger partial charge >= 0.3 is 0 Å². The van der Waals surface area contributed by atoms with E-state index < -0.39 is 0 Å². The fourth-order valence-corrected chi connectivity index (χ4v) is 3.82. The molecular weight excluding hydrogens is 302 g/mol. The number of hydrogen-bond acceptors (Lipinski definition) is 3. The van der Waals surface area contributed by atoms with Crippen LogP contribution in [0.15, 0.2) is 29.1 Å². The first-order valence-electron chi connectivity index (χ1n) is 8.71. The fraction of sp³-hybridized carbons (Fsp3) is 0.421. The van der Waals surface area contributed by atoms with Crippen molar-refractivity contribution in [2.45, 2.75) is 44.9 Å². The van der Waals surface area contributed by atoms with E-state index in [0.29, 0.717) is 12.8 Å². The topological polar surface area (TPSA) is 66.1 Å². The molecule has 0 bridgehead atoms. The number of aromatic nitrogens is 2. The molecule has 0 unspecified atom stereocenters. The molecule has 1 amide bonds. The molecule has 1 aliphatic heterocycles. The first kappa shape index (κ1) is 15.1. The SMILES string of the molecule is O=C1CCCN1c1cccc(Cc2n[nH]c(=O)c3c2CCCC3)c1. The summed E-state index contributed by atoms with van der Waals surface area (Å²) in [5, 5.41) is 6.97. The van der Waals surface area contributed by atoms with Crippen molar-refractivity contribution in [3.8, 4) is 0 Å². The monoisotopic (exact) mass is 323 g/mol. The van der Waals surface area contributed by atoms with Gasteiger partial charge in [0.15, 0.2) is 0 Å². The van der Waals surface area contributed by atoms with Gasteiger partial charge < -0.3 is 4.90 Å². The quantitative estimate of drug-likeness (QED) is 0.943. The van der Waals surface area contributed by atoms with E-state index in [1.165, 1.54) is 0 Å². The van der Waals surface area contributed by atoms with Gasteiger partial charge in [-0.3, -0.25) is 9.59 Å². The van der Waals surface area contributed by atoms with Crippen molar-refractivity contribution in [3.05, 3.63) is 57.0 Å². The fourth-order valence-electron chi connectivity index (χ4n) is 3.82. The number of carbonyl (C=O) groups excluding carboxylic acids is 1. The lowest BCUT2D eigenvalue weighted by molar-refractivity contribution is -0.117. The average molecular weight is 323 g/mol. The molecule has 1 aromatic carbocycles. The molecule has 1 aromatic heterocycles. The van der Waals surface area contributed by atoms with Crippen LogP contribution in [-0.4, -0.2) is 22.6 Å². The second-order valence-electron chi connectivity index (χ2n) is 6.66. The lowest BCUT2D eigenvalue weighted by atomic mass is 9.90. The van der Waals surface area contributed by atoms with Crippen molar-refractivity contribution >= 4 is 11.6 Å². The zero-order chi connectivity index (χ0) is 16.5. The highest BCUT2D eigenvalue weighted by Gasteiger charge is 2.22. The summed E-state index contributed by atoms with van der Waals surface area (Å²) in [7, 11) is 0. The van der Waals surface area contributed by atoms with Crippen LogP contribution in [0.4, 0.5) is 5.69 Å². The van der Waals surface area contributed by atoms with Crippen LogP contribution >= 0.6 is 0 Å². The van der Waals surface area contributed by atoms with Crippen LogP contribution in [0.5, 0.6) is 0 Å². The van der Waals surface area contributed by atoms with Crippen molar-refractivity contribution in [1.29, 1.82) is 0 Å². The normalized spacial score (nSPS) is 17.2. The predicted octanol–water partition coefficient (Wildman–Crippen LogP) is 2.37. The van der Waals surface area contributed by atoms with Gasteiger partial charge in [-0.05, 0) is 55.4 Å². The van der Waals surface area contributed by atoms with Gasteiger partial charge in [0, 0.05) is 30.6 Å². The molecule has 2 heterocycles. The maximum Gasteiger partial charge on any atom is 0.267 e. The third-order valence-corrected chi connectivity index (χ3v) is 5.05. The van der Waals surface area contributed by atoms with E-state index in [1.54, 1.807) is 0 Å². The summed E-state index contributed by atoms with van der Waals surface area (Å²) in [6, 6.07) is 8.12. The lowest BCUT2D eigenvalue weighted by Gasteiger charge is -2.19. The summed E-state index contributed by atoms with van der Waals surface area (Å²) in [5.41, 5.74) is 5.07. The molecule has 2 aliphatic rings. The largest absolute Gasteiger partial charge is 0.312 e. The van der Waals surface area contributed by atoms with Crippen molar-refractivity contribution in [2.75, 3.05) is 11.4 Å². The lowest BCUT2D eigenvalue weighted by Crippen LogP contribution is -2.24. The Balaban J connectivity index is 1.64. The van der Waals surface area contributed by atoms with Gasteiger partial charge in [-0.25, -0.2) is 5.10 Å². The zero-order valence-electron chi connectivity index (χ0n) is 13.7. The Morgan fingerprint density at radius 3 is 2.67 bits per heavy atom. The number of amides is 1. The van der Waals surface area contributed by atoms with Gasteiger partial charge in [-0.15, -0.1) is 0 Å². The standard InChI is InChI=1S/C19H21N3O2/c23-18-9-4-10-22(18)14-6-3-5-13(11-14)12-17-15-7-1-2-8-16(15)19(24)21-20-17/h3,5-6,11H,1-2,4,7-10,12H2,(H,21,24). The molecule has 1 N–H and O–H groups in total. The van der Waals surface area contributed by atoms with Crippen molar-refractivity contribution < 1.29 is 4.79 Å². The number of hydrogen-bond donors (Lipinski definition) is 1. The molecular formula is C19H21N3O2. The number of benzene rings is 1. The summed E-state index contributed by atoms with van der Waals surface area (Å²) in [4.78, 5) is 25.8. The number of aromatic amines is 1. The molecule has 5 nitrogen and oxygen atoms in total. The number of rotatable bonds is 3. The molecule has 124 valence electrons. The second kappa shape index (κ2) is 6.23. The summed E-state index contributed by atoms with van der Waals surface area (Å²) < 4.78 is 0. The molecule has 0 spiro atoms. The Kier molecular flexibility index (Phi) is 3.92. The van der Waals surface area contributed by atoms with Crippen LogP contribution in [0.2, 0.25) is 0 Å². The van der Waals surface area contributed by atoms with Crippen LogP contribution in [-0.2, 0) is 24.1 Å². The highest BCUT2D eigenvalue weighted by atomic mass is 16.2. The van der Waals surface area contributed by atoms with Crippen molar-refractivity contribution in [2.24, 2.45) is 0 Å². The number of nitrogens with zero attached hydrogens (tertiary/aromatic N) is 2. The third-order valence-electron chi connectivity index (χ3n) is 5.05. The molecule has 0 atom stereocenters. The molecule has 1 saturated heterocycles. The zero-order valence-corrected chi connectivity index (χ0v) is 13.7. The smallest absolute Gasteiger partial charge is 0.267 e. The second-order valence-corrected chi connectivity index (χ2v) is 6.66. The Morgan fingerprint density at radius 2 is 1.88 bits per heavy atom. The van der Waals surface area contributed by atoms with Gasteiger partial charge in [-0.1, -0.05) is 12.1 Å². The molecule has 5 heteroatoms. The number of H-pyrrole nitrogens is 1. The van der Waals surface area contributed by atoms with Crippen molar-refractivity contribution in [3.63, 3.8) is 0 Å². The number of carbonyl (C=O) groups is 1. The third kappa shape index (κ3) is 2.75. The van der Waals surface area contributed by atoms with E-state index in [2.05, 4.69) is 22.3 Å². The summed E-state index contributed by atoms with van der Waals surface area (Å²) in [6.07, 6.45) is 6.24.